The van der Waals surface area contributed by atoms with E-state index in [0.717, 1.165) is 12.1 Å². The molecular weight excluding hydrogens is 226 g/mol. The highest BCUT2D eigenvalue weighted by Gasteiger charge is 2.18. The Morgan fingerprint density at radius 2 is 1.94 bits per heavy atom. The second-order valence-electron chi connectivity index (χ2n) is 3.02. The average Bonchev–Trinajstić information content (AvgIpc) is 2.35. The van der Waals surface area contributed by atoms with Crippen LogP contribution in [-0.2, 0) is 9.53 Å². The number of carbonyl (C=O) groups is 2. The number of nitro benzene ring substituents is 1. The lowest BCUT2D eigenvalue weighted by Gasteiger charge is -2.00. The van der Waals surface area contributed by atoms with Gasteiger partial charge in [-0.15, -0.1) is 0 Å². The van der Waals surface area contributed by atoms with Crippen molar-refractivity contribution in [1.82, 2.24) is 0 Å². The summed E-state index contributed by atoms with van der Waals surface area (Å²) in [6.07, 6.45) is 1.33. The van der Waals surface area contributed by atoms with Crippen LogP contribution in [0.25, 0.3) is 0 Å². The molecule has 0 saturated carbocycles. The number of hydrogen-bond donors (Lipinski definition) is 0. The zero-order chi connectivity index (χ0) is 12.8. The van der Waals surface area contributed by atoms with Crippen molar-refractivity contribution in [2.24, 2.45) is 0 Å². The molecule has 17 heavy (non-hydrogen) atoms. The van der Waals surface area contributed by atoms with E-state index in [-0.39, 0.29) is 17.9 Å². The van der Waals surface area contributed by atoms with Gasteiger partial charge in [0.25, 0.3) is 11.5 Å². The van der Waals surface area contributed by atoms with E-state index in [1.165, 1.54) is 18.2 Å². The Balaban J connectivity index is 2.79. The van der Waals surface area contributed by atoms with Gasteiger partial charge in [-0.3, -0.25) is 14.9 Å². The van der Waals surface area contributed by atoms with Crippen molar-refractivity contribution in [3.8, 4) is 0 Å². The van der Waals surface area contributed by atoms with Crippen LogP contribution in [0.3, 0.4) is 0 Å². The number of carbonyl (C=O) groups excluding carboxylic acids is 2. The average molecular weight is 235 g/mol. The molecular formula is C11H9NO5. The number of non-ortho nitro benzene ring substituents is 1. The van der Waals surface area contributed by atoms with Crippen LogP contribution in [0.4, 0.5) is 5.69 Å². The highest BCUT2D eigenvalue weighted by atomic mass is 16.6. The Hall–Kier alpha value is -2.50. The molecule has 0 radical (unpaired) electrons. The van der Waals surface area contributed by atoms with E-state index >= 15 is 0 Å². The lowest BCUT2D eigenvalue weighted by molar-refractivity contribution is -0.384. The van der Waals surface area contributed by atoms with Crippen molar-refractivity contribution >= 4 is 17.4 Å². The van der Waals surface area contributed by atoms with E-state index in [1.807, 2.05) is 0 Å². The van der Waals surface area contributed by atoms with Gasteiger partial charge in [0, 0.05) is 17.7 Å². The summed E-state index contributed by atoms with van der Waals surface area (Å²) < 4.78 is 4.54. The molecule has 1 aromatic carbocycles. The van der Waals surface area contributed by atoms with Crippen LogP contribution in [0.5, 0.6) is 0 Å². The molecule has 6 heteroatoms. The number of ether oxygens (including phenoxy) is 1. The van der Waals surface area contributed by atoms with Crippen molar-refractivity contribution in [3.05, 3.63) is 52.6 Å². The summed E-state index contributed by atoms with van der Waals surface area (Å²) in [4.78, 5) is 32.4. The van der Waals surface area contributed by atoms with Gasteiger partial charge >= 0.3 is 5.97 Å². The third-order valence-electron chi connectivity index (χ3n) is 1.86. The summed E-state index contributed by atoms with van der Waals surface area (Å²) in [6, 6.07) is 4.70. The Morgan fingerprint density at radius 1 is 1.35 bits per heavy atom. The second-order valence-corrected chi connectivity index (χ2v) is 3.02. The molecule has 0 unspecified atom stereocenters. The first-order chi connectivity index (χ1) is 8.06. The largest absolute Gasteiger partial charge is 0.455 e. The predicted octanol–water partition coefficient (Wildman–Crippen LogP) is 1.51. The van der Waals surface area contributed by atoms with Gasteiger partial charge in [0.05, 0.1) is 4.92 Å². The van der Waals surface area contributed by atoms with Gasteiger partial charge < -0.3 is 4.74 Å². The summed E-state index contributed by atoms with van der Waals surface area (Å²) in [5.74, 6) is -1.86. The molecule has 0 spiro atoms. The van der Waals surface area contributed by atoms with Gasteiger partial charge in [0.2, 0.25) is 0 Å². The lowest BCUT2D eigenvalue weighted by atomic mass is 10.1. The molecule has 0 atom stereocenters. The molecule has 0 aliphatic heterocycles. The van der Waals surface area contributed by atoms with E-state index in [9.17, 15) is 19.7 Å². The summed E-state index contributed by atoms with van der Waals surface area (Å²) in [5.41, 5.74) is -0.106. The first kappa shape index (κ1) is 12.6. The Bertz CT molecular complexity index is 463. The Morgan fingerprint density at radius 3 is 2.41 bits per heavy atom. The lowest BCUT2D eigenvalue weighted by Crippen LogP contribution is -2.17. The molecule has 0 amide bonds. The molecule has 88 valence electrons. The van der Waals surface area contributed by atoms with Crippen LogP contribution in [0.2, 0.25) is 0 Å². The number of hydrogen-bond acceptors (Lipinski definition) is 5. The number of ketones is 1. The topological polar surface area (TPSA) is 86.5 Å². The van der Waals surface area contributed by atoms with E-state index in [2.05, 4.69) is 11.3 Å². The fourth-order valence-electron chi connectivity index (χ4n) is 1.05. The fourth-order valence-corrected chi connectivity index (χ4v) is 1.05. The zero-order valence-electron chi connectivity index (χ0n) is 8.79. The maximum atomic E-state index is 11.5. The van der Waals surface area contributed by atoms with Crippen LogP contribution < -0.4 is 0 Å². The van der Waals surface area contributed by atoms with Gasteiger partial charge in [0.15, 0.2) is 0 Å². The van der Waals surface area contributed by atoms with Crippen LogP contribution in [0, 0.1) is 10.1 Å². The predicted molar refractivity (Wildman–Crippen MR) is 58.6 cm³/mol. The maximum Gasteiger partial charge on any atom is 0.379 e. The van der Waals surface area contributed by atoms with E-state index in [0.29, 0.717) is 0 Å². The van der Waals surface area contributed by atoms with Gasteiger partial charge in [-0.25, -0.2) is 4.79 Å². The standard InChI is InChI=1S/C11H9NO5/c1-2-7-17-11(14)10(13)8-3-5-9(6-4-8)12(15)16/h2-6H,1,7H2. The van der Waals surface area contributed by atoms with Crippen molar-refractivity contribution in [2.45, 2.75) is 0 Å². The molecule has 6 nitrogen and oxygen atoms in total. The molecule has 0 aromatic heterocycles. The first-order valence-electron chi connectivity index (χ1n) is 4.63. The summed E-state index contributed by atoms with van der Waals surface area (Å²) in [6.45, 7) is 3.27. The molecule has 0 N–H and O–H groups in total. The van der Waals surface area contributed by atoms with Gasteiger partial charge in [0.1, 0.15) is 6.61 Å². The summed E-state index contributed by atoms with van der Waals surface area (Å²) in [7, 11) is 0. The SMILES string of the molecule is C=CCOC(=O)C(=O)c1ccc([N+](=O)[O-])cc1. The number of Topliss-reactive ketones (excluding diaryl/α,β-unsaturated/α-hetero) is 1. The zero-order valence-corrected chi connectivity index (χ0v) is 8.79. The molecule has 1 rings (SSSR count). The van der Waals surface area contributed by atoms with Crippen molar-refractivity contribution < 1.29 is 19.2 Å². The van der Waals surface area contributed by atoms with Gasteiger partial charge in [-0.1, -0.05) is 12.7 Å². The molecule has 0 heterocycles. The number of nitro groups is 1. The van der Waals surface area contributed by atoms with E-state index in [1.54, 1.807) is 0 Å². The van der Waals surface area contributed by atoms with Crippen LogP contribution in [0.15, 0.2) is 36.9 Å². The monoisotopic (exact) mass is 235 g/mol. The van der Waals surface area contributed by atoms with Crippen molar-refractivity contribution in [2.75, 3.05) is 6.61 Å². The minimum absolute atomic E-state index is 0.0460. The number of benzene rings is 1. The summed E-state index contributed by atoms with van der Waals surface area (Å²) >= 11 is 0. The minimum Gasteiger partial charge on any atom is -0.455 e. The smallest absolute Gasteiger partial charge is 0.379 e. The third kappa shape index (κ3) is 3.23. The number of esters is 1. The number of nitrogens with zero attached hydrogens (tertiary/aromatic N) is 1. The highest BCUT2D eigenvalue weighted by molar-refractivity contribution is 6.40. The van der Waals surface area contributed by atoms with E-state index in [4.69, 9.17) is 0 Å². The van der Waals surface area contributed by atoms with Gasteiger partial charge in [-0.2, -0.15) is 0 Å². The number of rotatable bonds is 5. The molecule has 0 aliphatic carbocycles. The Kier molecular flexibility index (Phi) is 4.10. The van der Waals surface area contributed by atoms with Crippen molar-refractivity contribution in [3.63, 3.8) is 0 Å². The first-order valence-corrected chi connectivity index (χ1v) is 4.63. The van der Waals surface area contributed by atoms with Crippen LogP contribution >= 0.6 is 0 Å². The highest BCUT2D eigenvalue weighted by Crippen LogP contribution is 2.12. The normalized spacial score (nSPS) is 9.41. The van der Waals surface area contributed by atoms with E-state index < -0.39 is 16.7 Å². The molecule has 0 saturated heterocycles. The van der Waals surface area contributed by atoms with Gasteiger partial charge in [-0.05, 0) is 12.1 Å². The minimum atomic E-state index is -1.02. The maximum absolute atomic E-state index is 11.5. The fraction of sp³-hybridized carbons (Fsp3) is 0.0909. The molecule has 0 aliphatic rings. The van der Waals surface area contributed by atoms with Crippen LogP contribution in [0.1, 0.15) is 10.4 Å². The molecule has 1 aromatic rings. The Labute approximate surface area is 96.7 Å². The summed E-state index contributed by atoms with van der Waals surface area (Å²) in [5, 5.41) is 10.4. The van der Waals surface area contributed by atoms with Crippen molar-refractivity contribution in [1.29, 1.82) is 0 Å². The quantitative estimate of drug-likeness (QED) is 0.193. The molecule has 0 bridgehead atoms. The van der Waals surface area contributed by atoms with Crippen LogP contribution in [-0.4, -0.2) is 23.3 Å². The third-order valence-corrected chi connectivity index (χ3v) is 1.86. The second kappa shape index (κ2) is 5.55. The molecule has 0 fully saturated rings.